The minimum atomic E-state index is -0.857. The molecule has 0 heterocycles. The third-order valence-electron chi connectivity index (χ3n) is 6.31. The topological polar surface area (TPSA) is 54.0 Å². The predicted molar refractivity (Wildman–Crippen MR) is 151 cm³/mol. The molecule has 0 aromatic rings. The molecule has 0 atom stereocenters. The molecule has 34 heavy (non-hydrogen) atoms. The van der Waals surface area contributed by atoms with E-state index in [0.29, 0.717) is 49.7 Å². The summed E-state index contributed by atoms with van der Waals surface area (Å²) in [5, 5.41) is 3.79. The van der Waals surface area contributed by atoms with Crippen molar-refractivity contribution in [1.29, 1.82) is 0 Å². The Hall–Kier alpha value is 0.250. The van der Waals surface area contributed by atoms with Crippen molar-refractivity contribution in [2.24, 2.45) is 0 Å². The first kappa shape index (κ1) is 34.2. The summed E-state index contributed by atoms with van der Waals surface area (Å²) in [4.78, 5) is 12.2. The van der Waals surface area contributed by atoms with Crippen LogP contribution in [-0.4, -0.2) is 69.9 Å². The number of rotatable bonds is 20. The lowest BCUT2D eigenvalue weighted by atomic mass is 9.90. The van der Waals surface area contributed by atoms with E-state index in [-0.39, 0.29) is 10.7 Å². The molecule has 204 valence electrons. The Morgan fingerprint density at radius 3 is 1.74 bits per heavy atom. The van der Waals surface area contributed by atoms with Crippen LogP contribution in [0.25, 0.3) is 0 Å². The lowest BCUT2D eigenvalue weighted by Crippen LogP contribution is -2.44. The number of hydrogen-bond donors (Lipinski definition) is 1. The minimum absolute atomic E-state index is 0.169. The Kier molecular flexibility index (Phi) is 18.6. The van der Waals surface area contributed by atoms with Crippen molar-refractivity contribution >= 4 is 25.3 Å². The number of thioether (sulfide) groups is 1. The van der Waals surface area contributed by atoms with Gasteiger partial charge in [-0.15, -0.1) is 0 Å². The maximum absolute atomic E-state index is 12.2. The average Bonchev–Trinajstić information content (AvgIpc) is 2.75. The van der Waals surface area contributed by atoms with Crippen molar-refractivity contribution in [2.75, 3.05) is 25.7 Å². The monoisotopic (exact) mass is 521 g/mol. The summed E-state index contributed by atoms with van der Waals surface area (Å²) in [6.45, 7) is 26.6. The van der Waals surface area contributed by atoms with Gasteiger partial charge in [-0.25, -0.2) is 9.34 Å². The molecule has 1 N–H and O–H groups in total. The molecule has 0 aliphatic heterocycles. The van der Waals surface area contributed by atoms with Crippen molar-refractivity contribution in [3.63, 3.8) is 0 Å². The molecular formula is C26H56N3O3PS. The average molecular weight is 522 g/mol. The Bertz CT molecular complexity index is 487. The summed E-state index contributed by atoms with van der Waals surface area (Å²) in [6.07, 6.45) is 4.64. The second-order valence-electron chi connectivity index (χ2n) is 10.1. The zero-order chi connectivity index (χ0) is 26.3. The molecule has 0 bridgehead atoms. The quantitative estimate of drug-likeness (QED) is 0.105. The van der Waals surface area contributed by atoms with Crippen LogP contribution < -0.4 is 5.32 Å². The van der Waals surface area contributed by atoms with Crippen LogP contribution in [0.2, 0.25) is 0 Å². The second-order valence-corrected chi connectivity index (χ2v) is 12.8. The van der Waals surface area contributed by atoms with Crippen LogP contribution in [0.1, 0.15) is 108 Å². The fourth-order valence-corrected chi connectivity index (χ4v) is 7.29. The molecule has 0 spiro atoms. The summed E-state index contributed by atoms with van der Waals surface area (Å²) in [5.74, 6) is 0.419. The van der Waals surface area contributed by atoms with Gasteiger partial charge in [0.25, 0.3) is 0 Å². The number of hydrogen-bond acceptors (Lipinski definition) is 7. The van der Waals surface area contributed by atoms with Gasteiger partial charge in [0, 0.05) is 49.3 Å². The van der Waals surface area contributed by atoms with Crippen molar-refractivity contribution in [2.45, 2.75) is 138 Å². The molecule has 0 radical (unpaired) electrons. The Morgan fingerprint density at radius 2 is 1.32 bits per heavy atom. The van der Waals surface area contributed by atoms with E-state index in [9.17, 15) is 4.79 Å². The number of carbonyl (C=O) groups excluding carboxylic acids is 1. The zero-order valence-electron chi connectivity index (χ0n) is 24.1. The molecule has 0 aliphatic carbocycles. The molecule has 0 aromatic carbocycles. The normalized spacial score (nSPS) is 13.1. The van der Waals surface area contributed by atoms with E-state index in [1.54, 1.807) is 0 Å². The van der Waals surface area contributed by atoms with Crippen LogP contribution in [-0.2, 0) is 14.1 Å². The molecule has 0 rings (SSSR count). The van der Waals surface area contributed by atoms with Gasteiger partial charge >= 0.3 is 0 Å². The molecule has 8 heteroatoms. The first-order valence-corrected chi connectivity index (χ1v) is 15.6. The molecule has 0 saturated heterocycles. The predicted octanol–water partition coefficient (Wildman–Crippen LogP) is 7.04. The summed E-state index contributed by atoms with van der Waals surface area (Å²) in [7, 11) is -0.857. The number of carbonyl (C=O) groups is 1. The van der Waals surface area contributed by atoms with Crippen molar-refractivity contribution in [1.82, 2.24) is 14.7 Å². The van der Waals surface area contributed by atoms with Gasteiger partial charge < -0.3 is 14.6 Å². The highest BCUT2D eigenvalue weighted by atomic mass is 32.2. The molecule has 0 saturated carbocycles. The van der Waals surface area contributed by atoms with Crippen molar-refractivity contribution in [3.05, 3.63) is 0 Å². The van der Waals surface area contributed by atoms with E-state index in [1.807, 2.05) is 0 Å². The van der Waals surface area contributed by atoms with E-state index in [1.165, 1.54) is 11.8 Å². The van der Waals surface area contributed by atoms with Crippen LogP contribution in [0.15, 0.2) is 0 Å². The van der Waals surface area contributed by atoms with Gasteiger partial charge in [-0.05, 0) is 81.1 Å². The first-order valence-electron chi connectivity index (χ1n) is 13.4. The van der Waals surface area contributed by atoms with Crippen LogP contribution >= 0.6 is 20.2 Å². The van der Waals surface area contributed by atoms with Crippen LogP contribution in [0.5, 0.6) is 0 Å². The molecule has 0 amide bonds. The number of ether oxygens (including phenoxy) is 1. The molecule has 0 fully saturated rings. The SMILES string of the molecule is CCC(CC)(CC)NCCC(=O)SCOCCCOP(N(C(C)C)C(C)C)N(C(C)C)C(C)C. The minimum Gasteiger partial charge on any atom is -0.370 e. The largest absolute Gasteiger partial charge is 0.370 e. The van der Waals surface area contributed by atoms with Crippen LogP contribution in [0, 0.1) is 0 Å². The highest BCUT2D eigenvalue weighted by molar-refractivity contribution is 8.13. The fraction of sp³-hybridized carbons (Fsp3) is 0.962. The summed E-state index contributed by atoms with van der Waals surface area (Å²) in [5.41, 5.74) is 0.169. The smallest absolute Gasteiger partial charge is 0.192 e. The first-order chi connectivity index (χ1) is 16.0. The van der Waals surface area contributed by atoms with E-state index in [0.717, 1.165) is 32.2 Å². The van der Waals surface area contributed by atoms with Gasteiger partial charge in [0.1, 0.15) is 0 Å². The molecule has 0 aliphatic rings. The standard InChI is InChI=1S/C26H56N3O3PS/c1-12-26(13-2,14-3)27-17-16-25(30)34-20-31-18-15-19-32-33(28(21(4)5)22(6)7)29(23(8)9)24(10)11/h21-24,27H,12-20H2,1-11H3. The molecular weight excluding hydrogens is 465 g/mol. The van der Waals surface area contributed by atoms with Gasteiger partial charge in [0.2, 0.25) is 0 Å². The fourth-order valence-electron chi connectivity index (χ4n) is 4.34. The van der Waals surface area contributed by atoms with E-state index < -0.39 is 8.45 Å². The maximum atomic E-state index is 12.2. The third-order valence-corrected chi connectivity index (χ3v) is 10.2. The maximum Gasteiger partial charge on any atom is 0.192 e. The highest BCUT2D eigenvalue weighted by Crippen LogP contribution is 2.50. The number of nitrogens with one attached hydrogen (secondary N) is 1. The van der Waals surface area contributed by atoms with Gasteiger partial charge in [-0.1, -0.05) is 32.5 Å². The second kappa shape index (κ2) is 18.5. The van der Waals surface area contributed by atoms with Gasteiger partial charge in [-0.3, -0.25) is 4.79 Å². The molecule has 6 nitrogen and oxygen atoms in total. The summed E-state index contributed by atoms with van der Waals surface area (Å²) in [6, 6.07) is 1.65. The van der Waals surface area contributed by atoms with Gasteiger partial charge in [0.05, 0.1) is 12.5 Å². The van der Waals surface area contributed by atoms with E-state index in [4.69, 9.17) is 9.26 Å². The lowest BCUT2D eigenvalue weighted by Gasteiger charge is -2.45. The highest BCUT2D eigenvalue weighted by Gasteiger charge is 2.34. The van der Waals surface area contributed by atoms with E-state index in [2.05, 4.69) is 90.8 Å². The van der Waals surface area contributed by atoms with E-state index >= 15 is 0 Å². The Labute approximate surface area is 217 Å². The molecule has 0 aromatic heterocycles. The third kappa shape index (κ3) is 12.5. The summed E-state index contributed by atoms with van der Waals surface area (Å²) >= 11 is 1.29. The van der Waals surface area contributed by atoms with Gasteiger partial charge in [-0.2, -0.15) is 0 Å². The zero-order valence-corrected chi connectivity index (χ0v) is 25.9. The van der Waals surface area contributed by atoms with Crippen molar-refractivity contribution in [3.8, 4) is 0 Å². The van der Waals surface area contributed by atoms with Gasteiger partial charge in [0.15, 0.2) is 13.6 Å². The van der Waals surface area contributed by atoms with Crippen molar-refractivity contribution < 1.29 is 14.1 Å². The van der Waals surface area contributed by atoms with Crippen LogP contribution in [0.4, 0.5) is 0 Å². The van der Waals surface area contributed by atoms with Crippen LogP contribution in [0.3, 0.4) is 0 Å². The Morgan fingerprint density at radius 1 is 0.853 bits per heavy atom. The summed E-state index contributed by atoms with van der Waals surface area (Å²) < 4.78 is 17.2. The Balaban J connectivity index is 4.44. The number of nitrogens with zero attached hydrogens (tertiary/aromatic N) is 2. The lowest BCUT2D eigenvalue weighted by molar-refractivity contribution is -0.111. The molecule has 0 unspecified atom stereocenters.